The van der Waals surface area contributed by atoms with E-state index in [0.717, 1.165) is 5.57 Å². The Kier molecular flexibility index (Phi) is 6.60. The first-order valence-electron chi connectivity index (χ1n) is 4.26. The van der Waals surface area contributed by atoms with Crippen LogP contribution in [0.1, 0.15) is 20.8 Å². The highest BCUT2D eigenvalue weighted by atomic mass is 16.5. The third-order valence-corrected chi connectivity index (χ3v) is 1.17. The van der Waals surface area contributed by atoms with Crippen LogP contribution in [-0.2, 0) is 9.53 Å². The summed E-state index contributed by atoms with van der Waals surface area (Å²) in [6.07, 6.45) is 8.90. The maximum atomic E-state index is 10.9. The summed E-state index contributed by atoms with van der Waals surface area (Å²) >= 11 is 0. The van der Waals surface area contributed by atoms with Crippen molar-refractivity contribution in [2.45, 2.75) is 20.8 Å². The molecule has 72 valence electrons. The van der Waals surface area contributed by atoms with E-state index in [1.807, 2.05) is 39.0 Å². The molecule has 2 nitrogen and oxygen atoms in total. The lowest BCUT2D eigenvalue weighted by Crippen LogP contribution is -2.00. The minimum atomic E-state index is -0.287. The summed E-state index contributed by atoms with van der Waals surface area (Å²) in [6, 6.07) is 0. The van der Waals surface area contributed by atoms with E-state index in [9.17, 15) is 4.79 Å². The Morgan fingerprint density at radius 2 is 2.00 bits per heavy atom. The number of carbonyl (C=O) groups excluding carboxylic acids is 1. The van der Waals surface area contributed by atoms with Gasteiger partial charge in [-0.2, -0.15) is 0 Å². The molecule has 0 heterocycles. The zero-order valence-corrected chi connectivity index (χ0v) is 8.41. The first-order chi connectivity index (χ1) is 6.16. The lowest BCUT2D eigenvalue weighted by atomic mass is 10.3. The minimum Gasteiger partial charge on any atom is -0.458 e. The van der Waals surface area contributed by atoms with Crippen LogP contribution in [0.5, 0.6) is 0 Å². The predicted octanol–water partition coefficient (Wildman–Crippen LogP) is 2.63. The maximum absolute atomic E-state index is 10.9. The Labute approximate surface area is 79.6 Å². The van der Waals surface area contributed by atoms with Crippen molar-refractivity contribution in [1.29, 1.82) is 0 Å². The number of hydrogen-bond donors (Lipinski definition) is 0. The van der Waals surface area contributed by atoms with Crippen molar-refractivity contribution in [3.05, 3.63) is 36.0 Å². The lowest BCUT2D eigenvalue weighted by Gasteiger charge is -1.96. The topological polar surface area (TPSA) is 26.3 Å². The fourth-order valence-corrected chi connectivity index (χ4v) is 0.653. The number of ether oxygens (including phenoxy) is 1. The summed E-state index contributed by atoms with van der Waals surface area (Å²) in [5, 5.41) is 0. The van der Waals surface area contributed by atoms with Gasteiger partial charge < -0.3 is 4.74 Å². The Morgan fingerprint density at radius 3 is 2.54 bits per heavy atom. The standard InChI is InChI=1S/C11H16O2/c1-4-5-6-7-8-13-11(12)9-10(2)3/h4-7,9H,8H2,1-3H3/b5-4-,7-6-. The molecule has 13 heavy (non-hydrogen) atoms. The van der Waals surface area contributed by atoms with E-state index in [-0.39, 0.29) is 5.97 Å². The average Bonchev–Trinajstić information content (AvgIpc) is 2.02. The van der Waals surface area contributed by atoms with E-state index in [1.54, 1.807) is 6.08 Å². The van der Waals surface area contributed by atoms with Crippen LogP contribution < -0.4 is 0 Å². The molecule has 0 bridgehead atoms. The molecular formula is C11H16O2. The average molecular weight is 180 g/mol. The summed E-state index contributed by atoms with van der Waals surface area (Å²) in [5.41, 5.74) is 0.947. The zero-order valence-electron chi connectivity index (χ0n) is 8.41. The van der Waals surface area contributed by atoms with Crippen LogP contribution >= 0.6 is 0 Å². The number of hydrogen-bond acceptors (Lipinski definition) is 2. The first kappa shape index (κ1) is 11.7. The fourth-order valence-electron chi connectivity index (χ4n) is 0.653. The van der Waals surface area contributed by atoms with Gasteiger partial charge in [-0.25, -0.2) is 4.79 Å². The molecule has 0 aliphatic rings. The van der Waals surface area contributed by atoms with Crippen LogP contribution in [0.4, 0.5) is 0 Å². The van der Waals surface area contributed by atoms with Crippen molar-refractivity contribution in [3.63, 3.8) is 0 Å². The second kappa shape index (κ2) is 7.35. The summed E-state index contributed by atoms with van der Waals surface area (Å²) in [7, 11) is 0. The third-order valence-electron chi connectivity index (χ3n) is 1.17. The van der Waals surface area contributed by atoms with Gasteiger partial charge in [-0.1, -0.05) is 23.8 Å². The van der Waals surface area contributed by atoms with Crippen LogP contribution in [0.25, 0.3) is 0 Å². The normalized spacial score (nSPS) is 10.7. The van der Waals surface area contributed by atoms with E-state index < -0.39 is 0 Å². The van der Waals surface area contributed by atoms with E-state index in [1.165, 1.54) is 6.08 Å². The maximum Gasteiger partial charge on any atom is 0.330 e. The molecule has 0 saturated carbocycles. The van der Waals surface area contributed by atoms with Gasteiger partial charge in [0.2, 0.25) is 0 Å². The van der Waals surface area contributed by atoms with Crippen LogP contribution in [0.15, 0.2) is 36.0 Å². The zero-order chi connectivity index (χ0) is 10.1. The Hall–Kier alpha value is -1.31. The molecule has 0 amide bonds. The number of esters is 1. The van der Waals surface area contributed by atoms with Crippen LogP contribution in [0.3, 0.4) is 0 Å². The van der Waals surface area contributed by atoms with Gasteiger partial charge in [0, 0.05) is 6.08 Å². The second-order valence-electron chi connectivity index (χ2n) is 2.81. The third kappa shape index (κ3) is 8.60. The number of allylic oxidation sites excluding steroid dienone is 4. The van der Waals surface area contributed by atoms with Gasteiger partial charge in [0.15, 0.2) is 0 Å². The van der Waals surface area contributed by atoms with Crippen molar-refractivity contribution in [1.82, 2.24) is 0 Å². The molecule has 0 fully saturated rings. The van der Waals surface area contributed by atoms with Crippen molar-refractivity contribution in [2.24, 2.45) is 0 Å². The molecule has 0 aliphatic carbocycles. The molecule has 0 unspecified atom stereocenters. The van der Waals surface area contributed by atoms with Crippen LogP contribution in [0.2, 0.25) is 0 Å². The Bertz CT molecular complexity index is 230. The van der Waals surface area contributed by atoms with Crippen LogP contribution in [0, 0.1) is 0 Å². The molecule has 0 rings (SSSR count). The number of carbonyl (C=O) groups is 1. The van der Waals surface area contributed by atoms with Gasteiger partial charge in [-0.15, -0.1) is 0 Å². The molecule has 0 aromatic heterocycles. The molecule has 0 saturated heterocycles. The Balaban J connectivity index is 3.66. The summed E-state index contributed by atoms with van der Waals surface area (Å²) < 4.78 is 4.86. The monoisotopic (exact) mass is 180 g/mol. The molecule has 0 aromatic rings. The molecule has 0 spiro atoms. The van der Waals surface area contributed by atoms with Gasteiger partial charge in [-0.05, 0) is 26.8 Å². The van der Waals surface area contributed by atoms with Gasteiger partial charge in [0.05, 0.1) is 0 Å². The quantitative estimate of drug-likeness (QED) is 0.377. The van der Waals surface area contributed by atoms with E-state index in [4.69, 9.17) is 4.74 Å². The van der Waals surface area contributed by atoms with E-state index in [2.05, 4.69) is 0 Å². The molecule has 0 N–H and O–H groups in total. The molecule has 0 radical (unpaired) electrons. The van der Waals surface area contributed by atoms with Gasteiger partial charge in [0.25, 0.3) is 0 Å². The van der Waals surface area contributed by atoms with E-state index >= 15 is 0 Å². The first-order valence-corrected chi connectivity index (χ1v) is 4.26. The molecular weight excluding hydrogens is 164 g/mol. The van der Waals surface area contributed by atoms with Crippen molar-refractivity contribution < 1.29 is 9.53 Å². The fraction of sp³-hybridized carbons (Fsp3) is 0.364. The highest BCUT2D eigenvalue weighted by Crippen LogP contribution is 1.91. The smallest absolute Gasteiger partial charge is 0.330 e. The lowest BCUT2D eigenvalue weighted by molar-refractivity contribution is -0.136. The summed E-state index contributed by atoms with van der Waals surface area (Å²) in [4.78, 5) is 10.9. The molecule has 2 heteroatoms. The highest BCUT2D eigenvalue weighted by Gasteiger charge is 1.93. The molecule has 0 atom stereocenters. The molecule has 0 aromatic carbocycles. The predicted molar refractivity (Wildman–Crippen MR) is 54.3 cm³/mol. The van der Waals surface area contributed by atoms with Crippen molar-refractivity contribution >= 4 is 5.97 Å². The van der Waals surface area contributed by atoms with E-state index in [0.29, 0.717) is 6.61 Å². The van der Waals surface area contributed by atoms with Gasteiger partial charge in [-0.3, -0.25) is 0 Å². The minimum absolute atomic E-state index is 0.287. The molecule has 0 aliphatic heterocycles. The largest absolute Gasteiger partial charge is 0.458 e. The Morgan fingerprint density at radius 1 is 1.31 bits per heavy atom. The summed E-state index contributed by atoms with van der Waals surface area (Å²) in [6.45, 7) is 5.97. The summed E-state index contributed by atoms with van der Waals surface area (Å²) in [5.74, 6) is -0.287. The highest BCUT2D eigenvalue weighted by molar-refractivity contribution is 5.82. The second-order valence-corrected chi connectivity index (χ2v) is 2.81. The van der Waals surface area contributed by atoms with Crippen molar-refractivity contribution in [2.75, 3.05) is 6.61 Å². The van der Waals surface area contributed by atoms with Gasteiger partial charge >= 0.3 is 5.97 Å². The van der Waals surface area contributed by atoms with Crippen molar-refractivity contribution in [3.8, 4) is 0 Å². The number of rotatable bonds is 4. The SMILES string of the molecule is C/C=C\C=C/COC(=O)C=C(C)C. The van der Waals surface area contributed by atoms with Gasteiger partial charge in [0.1, 0.15) is 6.61 Å². The van der Waals surface area contributed by atoms with Crippen LogP contribution in [-0.4, -0.2) is 12.6 Å².